The molecule has 0 radical (unpaired) electrons. The van der Waals surface area contributed by atoms with Gasteiger partial charge >= 0.3 is 0 Å². The number of anilines is 2. The first-order valence-corrected chi connectivity index (χ1v) is 6.46. The summed E-state index contributed by atoms with van der Waals surface area (Å²) >= 11 is 11.8. The number of benzene rings is 2. The number of hydrogen-bond donors (Lipinski definition) is 2. The lowest BCUT2D eigenvalue weighted by molar-refractivity contribution is 0.102. The van der Waals surface area contributed by atoms with Crippen molar-refractivity contribution in [3.05, 3.63) is 57.3 Å². The van der Waals surface area contributed by atoms with E-state index in [2.05, 4.69) is 5.32 Å². The monoisotopic (exact) mass is 312 g/mol. The molecule has 0 aliphatic carbocycles. The van der Waals surface area contributed by atoms with Crippen molar-refractivity contribution in [2.75, 3.05) is 11.1 Å². The quantitative estimate of drug-likeness (QED) is 0.813. The molecule has 20 heavy (non-hydrogen) atoms. The zero-order valence-electron chi connectivity index (χ0n) is 10.5. The van der Waals surface area contributed by atoms with Crippen LogP contribution in [0, 0.1) is 12.7 Å². The molecular weight excluding hydrogens is 302 g/mol. The van der Waals surface area contributed by atoms with Gasteiger partial charge in [-0.2, -0.15) is 0 Å². The smallest absolute Gasteiger partial charge is 0.258 e. The third kappa shape index (κ3) is 2.86. The minimum atomic E-state index is -0.576. The van der Waals surface area contributed by atoms with E-state index in [0.717, 1.165) is 17.7 Å². The van der Waals surface area contributed by atoms with E-state index in [4.69, 9.17) is 28.9 Å². The minimum Gasteiger partial charge on any atom is -0.398 e. The second kappa shape index (κ2) is 5.69. The number of amides is 1. The van der Waals surface area contributed by atoms with Crippen LogP contribution in [0.5, 0.6) is 0 Å². The first-order valence-electron chi connectivity index (χ1n) is 5.71. The Labute approximate surface area is 125 Å². The molecule has 0 fully saturated rings. The zero-order chi connectivity index (χ0) is 14.9. The topological polar surface area (TPSA) is 55.1 Å². The van der Waals surface area contributed by atoms with Gasteiger partial charge in [0, 0.05) is 5.69 Å². The number of nitrogens with two attached hydrogens (primary N) is 1. The third-order valence-corrected chi connectivity index (χ3v) is 3.37. The van der Waals surface area contributed by atoms with Gasteiger partial charge in [0.1, 0.15) is 5.82 Å². The number of carbonyl (C=O) groups excluding carboxylic acids is 1. The van der Waals surface area contributed by atoms with Gasteiger partial charge in [-0.05, 0) is 30.7 Å². The third-order valence-electron chi connectivity index (χ3n) is 2.78. The zero-order valence-corrected chi connectivity index (χ0v) is 12.0. The molecule has 2 aromatic rings. The Morgan fingerprint density at radius 2 is 1.85 bits per heavy atom. The molecule has 0 aromatic heterocycles. The molecule has 0 saturated heterocycles. The summed E-state index contributed by atoms with van der Waals surface area (Å²) in [4.78, 5) is 12.2. The number of aryl methyl sites for hydroxylation is 1. The van der Waals surface area contributed by atoms with Gasteiger partial charge in [0.15, 0.2) is 0 Å². The summed E-state index contributed by atoms with van der Waals surface area (Å²) in [6.45, 7) is 1.76. The van der Waals surface area contributed by atoms with Crippen LogP contribution in [0.2, 0.25) is 10.0 Å². The maximum atomic E-state index is 13.1. The molecule has 0 aliphatic rings. The lowest BCUT2D eigenvalue weighted by Gasteiger charge is -2.12. The first kappa shape index (κ1) is 14.6. The molecule has 0 aliphatic heterocycles. The van der Waals surface area contributed by atoms with Crippen molar-refractivity contribution >= 4 is 40.5 Å². The standard InChI is InChI=1S/C14H11Cl2FN2O/c1-7-3-2-4-11(18)12(7)14(20)19-13-9(15)5-8(17)6-10(13)16/h2-6H,18H2,1H3,(H,19,20). The van der Waals surface area contributed by atoms with Crippen LogP contribution in [0.3, 0.4) is 0 Å². The Morgan fingerprint density at radius 1 is 1.25 bits per heavy atom. The highest BCUT2D eigenvalue weighted by atomic mass is 35.5. The molecule has 2 aromatic carbocycles. The fraction of sp³-hybridized carbons (Fsp3) is 0.0714. The normalized spacial score (nSPS) is 10.4. The van der Waals surface area contributed by atoms with Crippen molar-refractivity contribution in [2.24, 2.45) is 0 Å². The Kier molecular flexibility index (Phi) is 4.16. The van der Waals surface area contributed by atoms with Gasteiger partial charge in [0.2, 0.25) is 0 Å². The first-order chi connectivity index (χ1) is 9.40. The van der Waals surface area contributed by atoms with Crippen molar-refractivity contribution in [1.82, 2.24) is 0 Å². The van der Waals surface area contributed by atoms with E-state index in [-0.39, 0.29) is 15.7 Å². The number of halogens is 3. The van der Waals surface area contributed by atoms with Crippen molar-refractivity contribution in [1.29, 1.82) is 0 Å². The molecular formula is C14H11Cl2FN2O. The predicted octanol–water partition coefficient (Wildman–Crippen LogP) is 4.28. The van der Waals surface area contributed by atoms with Crippen LogP contribution in [0.25, 0.3) is 0 Å². The van der Waals surface area contributed by atoms with E-state index in [0.29, 0.717) is 11.3 Å². The van der Waals surface area contributed by atoms with Gasteiger partial charge in [-0.1, -0.05) is 35.3 Å². The number of rotatable bonds is 2. The molecule has 0 heterocycles. The molecule has 3 nitrogen and oxygen atoms in total. The molecule has 3 N–H and O–H groups in total. The molecule has 0 atom stereocenters. The summed E-state index contributed by atoms with van der Waals surface area (Å²) in [7, 11) is 0. The maximum absolute atomic E-state index is 13.1. The van der Waals surface area contributed by atoms with E-state index < -0.39 is 11.7 Å². The van der Waals surface area contributed by atoms with Crippen LogP contribution in [-0.2, 0) is 0 Å². The number of carbonyl (C=O) groups is 1. The van der Waals surface area contributed by atoms with Crippen molar-refractivity contribution in [2.45, 2.75) is 6.92 Å². The minimum absolute atomic E-state index is 0.0236. The van der Waals surface area contributed by atoms with Gasteiger partial charge in [-0.25, -0.2) is 4.39 Å². The van der Waals surface area contributed by atoms with Crippen LogP contribution >= 0.6 is 23.2 Å². The van der Waals surface area contributed by atoms with E-state index in [1.54, 1.807) is 25.1 Å². The van der Waals surface area contributed by atoms with Crippen LogP contribution in [0.1, 0.15) is 15.9 Å². The van der Waals surface area contributed by atoms with Gasteiger partial charge in [0.25, 0.3) is 5.91 Å². The van der Waals surface area contributed by atoms with Crippen LogP contribution in [0.4, 0.5) is 15.8 Å². The summed E-state index contributed by atoms with van der Waals surface area (Å²) < 4.78 is 13.1. The molecule has 0 spiro atoms. The van der Waals surface area contributed by atoms with E-state index in [1.807, 2.05) is 0 Å². The molecule has 0 bridgehead atoms. The SMILES string of the molecule is Cc1cccc(N)c1C(=O)Nc1c(Cl)cc(F)cc1Cl. The molecule has 2 rings (SSSR count). The summed E-state index contributed by atoms with van der Waals surface area (Å²) in [6, 6.07) is 7.28. The fourth-order valence-corrected chi connectivity index (χ4v) is 2.39. The summed E-state index contributed by atoms with van der Waals surface area (Å²) in [6.07, 6.45) is 0. The molecule has 6 heteroatoms. The average molecular weight is 313 g/mol. The van der Waals surface area contributed by atoms with Gasteiger partial charge in [-0.3, -0.25) is 4.79 Å². The highest BCUT2D eigenvalue weighted by molar-refractivity contribution is 6.40. The van der Waals surface area contributed by atoms with E-state index in [1.165, 1.54) is 0 Å². The lowest BCUT2D eigenvalue weighted by Crippen LogP contribution is -2.16. The van der Waals surface area contributed by atoms with E-state index >= 15 is 0 Å². The van der Waals surface area contributed by atoms with Crippen LogP contribution in [0.15, 0.2) is 30.3 Å². The lowest BCUT2D eigenvalue weighted by atomic mass is 10.1. The average Bonchev–Trinajstić information content (AvgIpc) is 2.33. The number of nitrogen functional groups attached to an aromatic ring is 1. The molecule has 0 saturated carbocycles. The predicted molar refractivity (Wildman–Crippen MR) is 80.0 cm³/mol. The van der Waals surface area contributed by atoms with Gasteiger partial charge in [-0.15, -0.1) is 0 Å². The molecule has 0 unspecified atom stereocenters. The Bertz CT molecular complexity index is 646. The summed E-state index contributed by atoms with van der Waals surface area (Å²) in [5.41, 5.74) is 7.34. The summed E-state index contributed by atoms with van der Waals surface area (Å²) in [5, 5.41) is 2.60. The molecule has 104 valence electrons. The highest BCUT2D eigenvalue weighted by Crippen LogP contribution is 2.32. The van der Waals surface area contributed by atoms with Gasteiger partial charge < -0.3 is 11.1 Å². The van der Waals surface area contributed by atoms with Crippen molar-refractivity contribution < 1.29 is 9.18 Å². The van der Waals surface area contributed by atoms with Crippen LogP contribution in [-0.4, -0.2) is 5.91 Å². The number of nitrogens with one attached hydrogen (secondary N) is 1. The Morgan fingerprint density at radius 3 is 2.40 bits per heavy atom. The molecule has 1 amide bonds. The maximum Gasteiger partial charge on any atom is 0.258 e. The van der Waals surface area contributed by atoms with Crippen molar-refractivity contribution in [3.8, 4) is 0 Å². The highest BCUT2D eigenvalue weighted by Gasteiger charge is 2.16. The fourth-order valence-electron chi connectivity index (χ4n) is 1.84. The van der Waals surface area contributed by atoms with E-state index in [9.17, 15) is 9.18 Å². The second-order valence-electron chi connectivity index (χ2n) is 4.24. The summed E-state index contributed by atoms with van der Waals surface area (Å²) in [5.74, 6) is -1.02. The Hall–Kier alpha value is -1.78. The second-order valence-corrected chi connectivity index (χ2v) is 5.05. The Balaban J connectivity index is 2.38. The number of hydrogen-bond acceptors (Lipinski definition) is 2. The largest absolute Gasteiger partial charge is 0.398 e. The van der Waals surface area contributed by atoms with Crippen LogP contribution < -0.4 is 11.1 Å². The van der Waals surface area contributed by atoms with Crippen molar-refractivity contribution in [3.63, 3.8) is 0 Å². The van der Waals surface area contributed by atoms with Gasteiger partial charge in [0.05, 0.1) is 21.3 Å².